The number of nitrogens with zero attached hydrogens (tertiary/aromatic N) is 3. The van der Waals surface area contributed by atoms with E-state index in [2.05, 4.69) is 5.10 Å². The summed E-state index contributed by atoms with van der Waals surface area (Å²) >= 11 is 0. The van der Waals surface area contributed by atoms with Crippen molar-refractivity contribution < 1.29 is 19.4 Å². The summed E-state index contributed by atoms with van der Waals surface area (Å²) in [4.78, 5) is 13.8. The number of benzene rings is 1. The fourth-order valence-electron chi connectivity index (χ4n) is 2.59. The number of aromatic hydroxyl groups is 1. The summed E-state index contributed by atoms with van der Waals surface area (Å²) in [6.45, 7) is 2.39. The van der Waals surface area contributed by atoms with Crippen LogP contribution >= 0.6 is 0 Å². The fourth-order valence-corrected chi connectivity index (χ4v) is 2.59. The Hall–Kier alpha value is -2.41. The number of carbonyl (C=O) groups excluding carboxylic acids is 1. The van der Waals surface area contributed by atoms with E-state index < -0.39 is 12.0 Å². The molecule has 1 aliphatic heterocycles. The average molecular weight is 305 g/mol. The second-order valence-corrected chi connectivity index (χ2v) is 5.43. The van der Waals surface area contributed by atoms with Gasteiger partial charge in [0.15, 0.2) is 11.4 Å². The molecule has 22 heavy (non-hydrogen) atoms. The van der Waals surface area contributed by atoms with Gasteiger partial charge in [-0.25, -0.2) is 9.07 Å². The van der Waals surface area contributed by atoms with Crippen LogP contribution in [0.25, 0.3) is 5.69 Å². The minimum absolute atomic E-state index is 0.0715. The summed E-state index contributed by atoms with van der Waals surface area (Å²) in [5, 5.41) is 23.6. The van der Waals surface area contributed by atoms with E-state index in [-0.39, 0.29) is 23.8 Å². The van der Waals surface area contributed by atoms with E-state index in [1.165, 1.54) is 34.0 Å². The number of likely N-dealkylation sites (tertiary alicyclic amines) is 1. The Bertz CT molecular complexity index is 729. The molecule has 1 aliphatic rings. The topological polar surface area (TPSA) is 78.6 Å². The van der Waals surface area contributed by atoms with Crippen molar-refractivity contribution >= 4 is 5.91 Å². The maximum absolute atomic E-state index is 13.2. The average Bonchev–Trinajstić information content (AvgIpc) is 3.04. The Kier molecular flexibility index (Phi) is 3.58. The molecule has 0 unspecified atom stereocenters. The maximum atomic E-state index is 13.2. The summed E-state index contributed by atoms with van der Waals surface area (Å²) < 4.78 is 14.5. The molecule has 1 aromatic heterocycles. The number of carbonyl (C=O) groups is 1. The minimum Gasteiger partial charge on any atom is -0.504 e. The lowest BCUT2D eigenvalue weighted by molar-refractivity contribution is 0.0756. The van der Waals surface area contributed by atoms with Crippen molar-refractivity contribution in [2.75, 3.05) is 13.1 Å². The molecule has 2 aromatic rings. The molecule has 1 aromatic carbocycles. The van der Waals surface area contributed by atoms with Crippen LogP contribution in [0.5, 0.6) is 5.75 Å². The zero-order chi connectivity index (χ0) is 15.9. The number of amides is 1. The number of halogens is 1. The molecule has 0 spiro atoms. The first-order chi connectivity index (χ1) is 10.5. The number of aryl methyl sites for hydroxylation is 1. The fraction of sp³-hybridized carbons (Fsp3) is 0.333. The number of aromatic nitrogens is 2. The maximum Gasteiger partial charge on any atom is 0.278 e. The van der Waals surface area contributed by atoms with E-state index in [4.69, 9.17) is 0 Å². The van der Waals surface area contributed by atoms with E-state index in [0.29, 0.717) is 24.2 Å². The molecule has 2 heterocycles. The Balaban J connectivity index is 1.92. The number of aliphatic hydroxyl groups is 1. The zero-order valence-corrected chi connectivity index (χ0v) is 12.0. The molecule has 1 saturated heterocycles. The summed E-state index contributed by atoms with van der Waals surface area (Å²) in [5.41, 5.74) is 1.15. The van der Waals surface area contributed by atoms with Gasteiger partial charge in [-0.3, -0.25) is 4.79 Å². The molecule has 3 rings (SSSR count). The van der Waals surface area contributed by atoms with E-state index in [1.807, 2.05) is 0 Å². The number of aliphatic hydroxyl groups excluding tert-OH is 1. The van der Waals surface area contributed by atoms with Gasteiger partial charge in [0, 0.05) is 13.1 Å². The third kappa shape index (κ3) is 2.55. The first-order valence-corrected chi connectivity index (χ1v) is 6.98. The van der Waals surface area contributed by atoms with Crippen LogP contribution in [0.1, 0.15) is 22.5 Å². The highest BCUT2D eigenvalue weighted by atomic mass is 19.1. The smallest absolute Gasteiger partial charge is 0.278 e. The molecule has 0 saturated carbocycles. The molecule has 0 radical (unpaired) electrons. The van der Waals surface area contributed by atoms with Crippen LogP contribution in [0.15, 0.2) is 24.4 Å². The monoisotopic (exact) mass is 305 g/mol. The van der Waals surface area contributed by atoms with Gasteiger partial charge in [-0.1, -0.05) is 0 Å². The van der Waals surface area contributed by atoms with Gasteiger partial charge < -0.3 is 15.1 Å². The van der Waals surface area contributed by atoms with Crippen LogP contribution < -0.4 is 0 Å². The van der Waals surface area contributed by atoms with Gasteiger partial charge in [-0.05, 0) is 37.1 Å². The zero-order valence-electron chi connectivity index (χ0n) is 12.0. The lowest BCUT2D eigenvalue weighted by Crippen LogP contribution is -2.30. The van der Waals surface area contributed by atoms with Crippen LogP contribution in [0.3, 0.4) is 0 Å². The van der Waals surface area contributed by atoms with E-state index >= 15 is 0 Å². The highest BCUT2D eigenvalue weighted by Gasteiger charge is 2.29. The van der Waals surface area contributed by atoms with Crippen molar-refractivity contribution in [3.63, 3.8) is 0 Å². The van der Waals surface area contributed by atoms with Crippen LogP contribution in [-0.4, -0.2) is 50.0 Å². The first-order valence-electron chi connectivity index (χ1n) is 6.98. The third-order valence-corrected chi connectivity index (χ3v) is 3.75. The van der Waals surface area contributed by atoms with Crippen molar-refractivity contribution in [1.29, 1.82) is 0 Å². The van der Waals surface area contributed by atoms with Crippen molar-refractivity contribution in [1.82, 2.24) is 14.7 Å². The van der Waals surface area contributed by atoms with Crippen molar-refractivity contribution in [3.8, 4) is 11.4 Å². The Morgan fingerprint density at radius 2 is 2.23 bits per heavy atom. The van der Waals surface area contributed by atoms with E-state index in [0.717, 1.165) is 0 Å². The van der Waals surface area contributed by atoms with Crippen molar-refractivity contribution in [2.45, 2.75) is 19.4 Å². The van der Waals surface area contributed by atoms with E-state index in [1.54, 1.807) is 6.92 Å². The summed E-state index contributed by atoms with van der Waals surface area (Å²) in [5.74, 6) is -1.03. The van der Waals surface area contributed by atoms with Gasteiger partial charge in [0.05, 0.1) is 18.0 Å². The third-order valence-electron chi connectivity index (χ3n) is 3.75. The summed E-state index contributed by atoms with van der Waals surface area (Å²) in [6.07, 6.45) is 1.30. The van der Waals surface area contributed by atoms with Crippen LogP contribution in [0, 0.1) is 12.7 Å². The molecule has 116 valence electrons. The Morgan fingerprint density at radius 3 is 2.86 bits per heavy atom. The Labute approximate surface area is 126 Å². The largest absolute Gasteiger partial charge is 0.504 e. The number of hydrogen-bond acceptors (Lipinski definition) is 4. The molecule has 7 heteroatoms. The molecule has 1 fully saturated rings. The predicted octanol–water partition coefficient (Wildman–Crippen LogP) is 1.23. The number of β-amino-alcohol motifs (C(OH)–C–C–N with tert-alkyl or cyclic N) is 1. The van der Waals surface area contributed by atoms with Gasteiger partial charge in [-0.2, -0.15) is 5.10 Å². The van der Waals surface area contributed by atoms with Gasteiger partial charge in [0.1, 0.15) is 5.82 Å². The number of rotatable bonds is 2. The second-order valence-electron chi connectivity index (χ2n) is 5.43. The molecule has 1 amide bonds. The molecular weight excluding hydrogens is 289 g/mol. The molecule has 0 aliphatic carbocycles. The van der Waals surface area contributed by atoms with Gasteiger partial charge in [0.25, 0.3) is 5.91 Å². The molecule has 1 atom stereocenters. The van der Waals surface area contributed by atoms with E-state index in [9.17, 15) is 19.4 Å². The lowest BCUT2D eigenvalue weighted by Gasteiger charge is -2.13. The van der Waals surface area contributed by atoms with Gasteiger partial charge >= 0.3 is 0 Å². The standard InChI is InChI=1S/C15H16FN3O3/c1-9-6-10(16)2-3-12(9)19-8-13(21)14(17-19)15(22)18-5-4-11(20)7-18/h2-3,6,8,11,20-21H,4-5,7H2,1H3/t11-/m1/s1. The summed E-state index contributed by atoms with van der Waals surface area (Å²) in [7, 11) is 0. The van der Waals surface area contributed by atoms with Gasteiger partial charge in [-0.15, -0.1) is 0 Å². The van der Waals surface area contributed by atoms with Crippen LogP contribution in [0.4, 0.5) is 4.39 Å². The second kappa shape index (κ2) is 5.42. The molecule has 2 N–H and O–H groups in total. The van der Waals surface area contributed by atoms with Crippen molar-refractivity contribution in [2.24, 2.45) is 0 Å². The predicted molar refractivity (Wildman–Crippen MR) is 76.5 cm³/mol. The number of hydrogen-bond donors (Lipinski definition) is 2. The Morgan fingerprint density at radius 1 is 1.45 bits per heavy atom. The van der Waals surface area contributed by atoms with Crippen LogP contribution in [-0.2, 0) is 0 Å². The summed E-state index contributed by atoms with van der Waals surface area (Å²) in [6, 6.07) is 4.18. The lowest BCUT2D eigenvalue weighted by atomic mass is 10.2. The quantitative estimate of drug-likeness (QED) is 0.875. The van der Waals surface area contributed by atoms with Gasteiger partial charge in [0.2, 0.25) is 0 Å². The van der Waals surface area contributed by atoms with Crippen molar-refractivity contribution in [3.05, 3.63) is 41.5 Å². The molecular formula is C15H16FN3O3. The van der Waals surface area contributed by atoms with Crippen LogP contribution in [0.2, 0.25) is 0 Å². The highest BCUT2D eigenvalue weighted by Crippen LogP contribution is 2.23. The highest BCUT2D eigenvalue weighted by molar-refractivity contribution is 5.95. The first kappa shape index (κ1) is 14.5. The minimum atomic E-state index is -0.535. The molecule has 0 bridgehead atoms. The SMILES string of the molecule is Cc1cc(F)ccc1-n1cc(O)c(C(=O)N2CC[C@@H](O)C2)n1. The normalized spacial score (nSPS) is 18.0. The molecule has 6 nitrogen and oxygen atoms in total.